The number of aromatic nitrogens is 3. The predicted octanol–water partition coefficient (Wildman–Crippen LogP) is 1.79. The maximum Gasteiger partial charge on any atom is 0.223 e. The van der Waals surface area contributed by atoms with Crippen molar-refractivity contribution in [1.82, 2.24) is 19.9 Å². The van der Waals surface area contributed by atoms with Crippen LogP contribution < -0.4 is 10.6 Å². The number of hydrogen-bond donors (Lipinski definition) is 2. The smallest absolute Gasteiger partial charge is 0.223 e. The highest BCUT2D eigenvalue weighted by Crippen LogP contribution is 2.28. The molecule has 1 amide bonds. The standard InChI is InChI=1S/C15H21N5O/c1-10(2)12-9-13-14(17-7-8-20(13)19-12)16-5-6-18-15(21)11-3-4-11/h7-11H,3-6H2,1-2H3,(H,16,17)(H,18,21). The van der Waals surface area contributed by atoms with E-state index in [1.807, 2.05) is 10.7 Å². The molecule has 0 radical (unpaired) electrons. The first-order valence-electron chi connectivity index (χ1n) is 7.51. The number of amides is 1. The Labute approximate surface area is 123 Å². The molecule has 2 aromatic heterocycles. The lowest BCUT2D eigenvalue weighted by Crippen LogP contribution is -2.30. The molecule has 0 atom stereocenters. The zero-order chi connectivity index (χ0) is 14.8. The number of rotatable bonds is 6. The monoisotopic (exact) mass is 287 g/mol. The van der Waals surface area contributed by atoms with Crippen LogP contribution in [0.3, 0.4) is 0 Å². The summed E-state index contributed by atoms with van der Waals surface area (Å²) in [6.45, 7) is 5.52. The van der Waals surface area contributed by atoms with Crippen LogP contribution in [0, 0.1) is 5.92 Å². The van der Waals surface area contributed by atoms with Gasteiger partial charge in [0.1, 0.15) is 5.52 Å². The molecule has 112 valence electrons. The van der Waals surface area contributed by atoms with Gasteiger partial charge in [-0.25, -0.2) is 9.50 Å². The number of anilines is 1. The minimum Gasteiger partial charge on any atom is -0.367 e. The Morgan fingerprint density at radius 3 is 2.95 bits per heavy atom. The van der Waals surface area contributed by atoms with Gasteiger partial charge in [0.2, 0.25) is 5.91 Å². The van der Waals surface area contributed by atoms with Crippen molar-refractivity contribution in [2.24, 2.45) is 5.92 Å². The van der Waals surface area contributed by atoms with E-state index in [9.17, 15) is 4.79 Å². The zero-order valence-electron chi connectivity index (χ0n) is 12.5. The fraction of sp³-hybridized carbons (Fsp3) is 0.533. The number of fused-ring (bicyclic) bond motifs is 1. The van der Waals surface area contributed by atoms with Gasteiger partial charge in [-0.05, 0) is 24.8 Å². The lowest BCUT2D eigenvalue weighted by atomic mass is 10.1. The predicted molar refractivity (Wildman–Crippen MR) is 81.3 cm³/mol. The highest BCUT2D eigenvalue weighted by atomic mass is 16.2. The van der Waals surface area contributed by atoms with E-state index in [0.29, 0.717) is 19.0 Å². The van der Waals surface area contributed by atoms with Crippen LogP contribution in [-0.2, 0) is 4.79 Å². The third-order valence-electron chi connectivity index (χ3n) is 3.67. The second-order valence-corrected chi connectivity index (χ2v) is 5.82. The minimum absolute atomic E-state index is 0.175. The van der Waals surface area contributed by atoms with Crippen LogP contribution in [-0.4, -0.2) is 33.6 Å². The third kappa shape index (κ3) is 3.15. The van der Waals surface area contributed by atoms with Gasteiger partial charge < -0.3 is 10.6 Å². The highest BCUT2D eigenvalue weighted by molar-refractivity contribution is 5.80. The molecule has 0 aromatic carbocycles. The molecule has 6 heteroatoms. The molecule has 1 aliphatic carbocycles. The van der Waals surface area contributed by atoms with E-state index in [-0.39, 0.29) is 11.8 Å². The zero-order valence-corrected chi connectivity index (χ0v) is 12.5. The van der Waals surface area contributed by atoms with Crippen LogP contribution in [0.2, 0.25) is 0 Å². The van der Waals surface area contributed by atoms with Crippen molar-refractivity contribution in [3.63, 3.8) is 0 Å². The molecule has 0 aliphatic heterocycles. The van der Waals surface area contributed by atoms with E-state index >= 15 is 0 Å². The summed E-state index contributed by atoms with van der Waals surface area (Å²) in [7, 11) is 0. The number of nitrogens with one attached hydrogen (secondary N) is 2. The third-order valence-corrected chi connectivity index (χ3v) is 3.67. The molecule has 3 rings (SSSR count). The van der Waals surface area contributed by atoms with Crippen LogP contribution in [0.15, 0.2) is 18.5 Å². The number of carbonyl (C=O) groups is 1. The molecule has 1 saturated carbocycles. The van der Waals surface area contributed by atoms with Crippen LogP contribution in [0.4, 0.5) is 5.82 Å². The van der Waals surface area contributed by atoms with Gasteiger partial charge in [0.05, 0.1) is 5.69 Å². The number of hydrogen-bond acceptors (Lipinski definition) is 4. The van der Waals surface area contributed by atoms with E-state index in [1.165, 1.54) is 0 Å². The maximum absolute atomic E-state index is 11.5. The molecule has 1 fully saturated rings. The molecule has 1 aliphatic rings. The molecule has 2 aromatic rings. The average molecular weight is 287 g/mol. The van der Waals surface area contributed by atoms with Crippen molar-refractivity contribution in [1.29, 1.82) is 0 Å². The summed E-state index contributed by atoms with van der Waals surface area (Å²) in [6.07, 6.45) is 5.65. The minimum atomic E-state index is 0.175. The lowest BCUT2D eigenvalue weighted by molar-refractivity contribution is -0.122. The number of nitrogens with zero attached hydrogens (tertiary/aromatic N) is 3. The summed E-state index contributed by atoms with van der Waals surface area (Å²) in [4.78, 5) is 15.9. The van der Waals surface area contributed by atoms with E-state index in [0.717, 1.165) is 29.9 Å². The SMILES string of the molecule is CC(C)c1cc2c(NCCNC(=O)C3CC3)nccn2n1. The topological polar surface area (TPSA) is 71.3 Å². The first-order chi connectivity index (χ1) is 10.1. The summed E-state index contributed by atoms with van der Waals surface area (Å²) in [5, 5.41) is 10.7. The lowest BCUT2D eigenvalue weighted by Gasteiger charge is -2.07. The van der Waals surface area contributed by atoms with Crippen molar-refractivity contribution in [3.8, 4) is 0 Å². The summed E-state index contributed by atoms with van der Waals surface area (Å²) >= 11 is 0. The van der Waals surface area contributed by atoms with Crippen molar-refractivity contribution in [3.05, 3.63) is 24.2 Å². The van der Waals surface area contributed by atoms with Crippen molar-refractivity contribution in [2.75, 3.05) is 18.4 Å². The molecule has 0 bridgehead atoms. The fourth-order valence-electron chi connectivity index (χ4n) is 2.22. The molecule has 2 N–H and O–H groups in total. The molecule has 0 unspecified atom stereocenters. The van der Waals surface area contributed by atoms with Crippen LogP contribution in [0.5, 0.6) is 0 Å². The molecule has 0 saturated heterocycles. The van der Waals surface area contributed by atoms with E-state index in [2.05, 4.69) is 40.6 Å². The normalized spacial score (nSPS) is 14.6. The Kier molecular flexibility index (Phi) is 3.77. The molecule has 0 spiro atoms. The molecule has 2 heterocycles. The van der Waals surface area contributed by atoms with Gasteiger partial charge in [0.15, 0.2) is 5.82 Å². The van der Waals surface area contributed by atoms with Crippen molar-refractivity contribution >= 4 is 17.2 Å². The molecular formula is C15H21N5O. The quantitative estimate of drug-likeness (QED) is 0.795. The molecule has 21 heavy (non-hydrogen) atoms. The van der Waals surface area contributed by atoms with E-state index < -0.39 is 0 Å². The van der Waals surface area contributed by atoms with Gasteiger partial charge in [0.25, 0.3) is 0 Å². The Balaban J connectivity index is 1.61. The summed E-state index contributed by atoms with van der Waals surface area (Å²) in [6, 6.07) is 2.06. The first-order valence-corrected chi connectivity index (χ1v) is 7.51. The maximum atomic E-state index is 11.5. The Bertz CT molecular complexity index is 645. The van der Waals surface area contributed by atoms with Crippen molar-refractivity contribution < 1.29 is 4.79 Å². The largest absolute Gasteiger partial charge is 0.367 e. The van der Waals surface area contributed by atoms with Crippen LogP contribution >= 0.6 is 0 Å². The van der Waals surface area contributed by atoms with E-state index in [1.54, 1.807) is 6.20 Å². The van der Waals surface area contributed by atoms with Gasteiger partial charge in [-0.2, -0.15) is 5.10 Å². The highest BCUT2D eigenvalue weighted by Gasteiger charge is 2.28. The Morgan fingerprint density at radius 2 is 2.24 bits per heavy atom. The van der Waals surface area contributed by atoms with Gasteiger partial charge in [-0.1, -0.05) is 13.8 Å². The summed E-state index contributed by atoms with van der Waals surface area (Å²) in [5.41, 5.74) is 2.02. The summed E-state index contributed by atoms with van der Waals surface area (Å²) in [5.74, 6) is 1.62. The summed E-state index contributed by atoms with van der Waals surface area (Å²) < 4.78 is 1.84. The van der Waals surface area contributed by atoms with Crippen LogP contribution in [0.1, 0.15) is 38.3 Å². The molecular weight excluding hydrogens is 266 g/mol. The van der Waals surface area contributed by atoms with Crippen LogP contribution in [0.25, 0.3) is 5.52 Å². The Morgan fingerprint density at radius 1 is 1.43 bits per heavy atom. The first kappa shape index (κ1) is 13.9. The van der Waals surface area contributed by atoms with Crippen molar-refractivity contribution in [2.45, 2.75) is 32.6 Å². The fourth-order valence-corrected chi connectivity index (χ4v) is 2.22. The van der Waals surface area contributed by atoms with Gasteiger partial charge in [0, 0.05) is 31.4 Å². The second kappa shape index (κ2) is 5.71. The van der Waals surface area contributed by atoms with E-state index in [4.69, 9.17) is 0 Å². The molecule has 6 nitrogen and oxygen atoms in total. The average Bonchev–Trinajstić information content (AvgIpc) is 3.21. The second-order valence-electron chi connectivity index (χ2n) is 5.82. The Hall–Kier alpha value is -2.11. The number of carbonyl (C=O) groups excluding carboxylic acids is 1. The van der Waals surface area contributed by atoms with Gasteiger partial charge >= 0.3 is 0 Å². The van der Waals surface area contributed by atoms with Gasteiger partial charge in [-0.3, -0.25) is 4.79 Å². The van der Waals surface area contributed by atoms with Gasteiger partial charge in [-0.15, -0.1) is 0 Å².